The van der Waals surface area contributed by atoms with Crippen molar-refractivity contribution in [2.45, 2.75) is 14.3 Å². The van der Waals surface area contributed by atoms with Gasteiger partial charge in [-0.05, 0) is 0 Å². The first-order valence-electron chi connectivity index (χ1n) is 7.43. The Labute approximate surface area is 139 Å². The molecule has 2 unspecified atom stereocenters. The molecule has 1 heteroatoms. The number of allylic oxidation sites excluding steroid dienone is 2. The molecule has 0 amide bonds. The Bertz CT molecular complexity index is 773. The van der Waals surface area contributed by atoms with Gasteiger partial charge in [0.15, 0.2) is 0 Å². The Morgan fingerprint density at radius 1 is 0.773 bits per heavy atom. The van der Waals surface area contributed by atoms with E-state index in [9.17, 15) is 0 Å². The molecule has 0 N–H and O–H groups in total. The maximum atomic E-state index is 2.55. The molecule has 0 fully saturated rings. The van der Waals surface area contributed by atoms with E-state index in [-0.39, 0.29) is 0 Å². The molecule has 2 aliphatic rings. The molecule has 2 aromatic carbocycles. The van der Waals surface area contributed by atoms with Gasteiger partial charge in [0.1, 0.15) is 0 Å². The second kappa shape index (κ2) is 5.58. The minimum absolute atomic E-state index is 0.585. The van der Waals surface area contributed by atoms with Crippen LogP contribution in [-0.4, -0.2) is 2.21 Å². The van der Waals surface area contributed by atoms with Gasteiger partial charge in [-0.1, -0.05) is 0 Å². The first kappa shape index (κ1) is 14.6. The van der Waals surface area contributed by atoms with E-state index in [0.29, 0.717) is 4.28 Å². The van der Waals surface area contributed by atoms with Crippen molar-refractivity contribution in [3.8, 4) is 0 Å². The SMILES string of the molecule is C[CH]=[Lu]([CH3])([CH]1C=Cc2ccccc21)[CH]1C=Cc2ccccc21. The molecule has 0 nitrogen and oxygen atoms in total. The van der Waals surface area contributed by atoms with E-state index in [1.54, 1.807) is 0 Å². The van der Waals surface area contributed by atoms with Gasteiger partial charge >= 0.3 is 140 Å². The fourth-order valence-corrected chi connectivity index (χ4v) is 9.79. The Balaban J connectivity index is 1.84. The summed E-state index contributed by atoms with van der Waals surface area (Å²) in [6.45, 7) is 2.28. The van der Waals surface area contributed by atoms with Crippen LogP contribution in [0.1, 0.15) is 33.5 Å². The van der Waals surface area contributed by atoms with Crippen LogP contribution in [0.3, 0.4) is 0 Å². The van der Waals surface area contributed by atoms with Crippen LogP contribution >= 0.6 is 0 Å². The quantitative estimate of drug-likeness (QED) is 0.565. The molecule has 0 bridgehead atoms. The molecule has 0 aliphatic heterocycles. The maximum absolute atomic E-state index is 2.55. The van der Waals surface area contributed by atoms with Gasteiger partial charge in [-0.2, -0.15) is 0 Å². The number of hydrogen-bond donors (Lipinski definition) is 0. The monoisotopic (exact) mass is 448 g/mol. The summed E-state index contributed by atoms with van der Waals surface area (Å²) in [6.07, 6.45) is 9.55. The van der Waals surface area contributed by atoms with E-state index in [1.807, 2.05) is 0 Å². The third-order valence-corrected chi connectivity index (χ3v) is 12.5. The van der Waals surface area contributed by atoms with Crippen molar-refractivity contribution in [3.05, 3.63) is 82.9 Å². The Kier molecular flexibility index (Phi) is 3.71. The van der Waals surface area contributed by atoms with Crippen LogP contribution in [0.4, 0.5) is 0 Å². The summed E-state index contributed by atoms with van der Waals surface area (Å²) in [4.78, 5) is 0. The molecule has 2 aliphatic carbocycles. The van der Waals surface area contributed by atoms with Gasteiger partial charge in [0, 0.05) is 0 Å². The fraction of sp³-hybridized carbons (Fsp3) is 0.190. The third kappa shape index (κ3) is 2.12. The zero-order valence-electron chi connectivity index (χ0n) is 12.9. The van der Waals surface area contributed by atoms with Crippen molar-refractivity contribution in [1.82, 2.24) is 0 Å². The third-order valence-electron chi connectivity index (χ3n) is 4.37. The molecule has 120 valence electrons. The summed E-state index contributed by atoms with van der Waals surface area (Å²) in [5.41, 5.74) is 5.86. The molecule has 0 radical (unpaired) electrons. The molecule has 2 aromatic rings. The molecule has 4 rings (SSSR count). The first-order valence-corrected chi connectivity index (χ1v) is 12.0. The van der Waals surface area contributed by atoms with Crippen LogP contribution in [0.2, 0.25) is 3.14 Å². The zero-order valence-corrected chi connectivity index (χ0v) is 14.6. The number of rotatable bonds is 2. The summed E-state index contributed by atoms with van der Waals surface area (Å²) in [6, 6.07) is 17.8. The fourth-order valence-electron chi connectivity index (χ4n) is 3.17. The summed E-state index contributed by atoms with van der Waals surface area (Å²) in [5.74, 6) is 0. The number of fused-ring (bicyclic) bond motifs is 2. The average Bonchev–Trinajstić information content (AvgIpc) is 3.19. The van der Waals surface area contributed by atoms with E-state index in [2.05, 4.69) is 85.1 Å². The van der Waals surface area contributed by atoms with Crippen molar-refractivity contribution >= 4 is 14.4 Å². The van der Waals surface area contributed by atoms with E-state index in [1.165, 1.54) is 22.3 Å². The van der Waals surface area contributed by atoms with E-state index in [4.69, 9.17) is 0 Å². The van der Waals surface area contributed by atoms with Crippen LogP contribution in [0, 0.1) is 28.7 Å². The van der Waals surface area contributed by atoms with Gasteiger partial charge in [0.05, 0.1) is 0 Å². The summed E-state index contributed by atoms with van der Waals surface area (Å²) >= 11 is -1.75. The van der Waals surface area contributed by atoms with Crippen molar-refractivity contribution < 1.29 is 28.7 Å². The Hall–Kier alpha value is -0.976. The van der Waals surface area contributed by atoms with Crippen molar-refractivity contribution in [3.63, 3.8) is 0 Å². The second-order valence-electron chi connectivity index (χ2n) is 5.49. The van der Waals surface area contributed by atoms with Gasteiger partial charge in [-0.25, -0.2) is 0 Å². The first-order chi connectivity index (χ1) is 10.7. The predicted molar refractivity (Wildman–Crippen MR) is 94.0 cm³/mol. The van der Waals surface area contributed by atoms with Crippen LogP contribution < -0.4 is 0 Å². The molecule has 0 saturated carbocycles. The summed E-state index contributed by atoms with van der Waals surface area (Å²) < 4.78 is 6.27. The molecule has 0 saturated heterocycles. The molecule has 0 spiro atoms. The summed E-state index contributed by atoms with van der Waals surface area (Å²) in [7, 11) is 0. The predicted octanol–water partition coefficient (Wildman–Crippen LogP) is 5.55. The summed E-state index contributed by atoms with van der Waals surface area (Å²) in [5, 5.41) is 0. The molecule has 2 atom stereocenters. The van der Waals surface area contributed by atoms with Gasteiger partial charge in [-0.15, -0.1) is 0 Å². The average molecular weight is 448 g/mol. The van der Waals surface area contributed by atoms with Crippen molar-refractivity contribution in [1.29, 1.82) is 0 Å². The van der Waals surface area contributed by atoms with Crippen molar-refractivity contribution in [2.24, 2.45) is 0 Å². The standard InChI is InChI=1S/2C9H7.C2H4.CH3.Lu/c2*1-2-5-9-7-3-6-8(9)4-1;1-2;;/h2*1-7H;1H,2H3;1H3;. The van der Waals surface area contributed by atoms with E-state index < -0.39 is 28.7 Å². The Morgan fingerprint density at radius 2 is 1.23 bits per heavy atom. The number of hydrogen-bond acceptors (Lipinski definition) is 0. The van der Waals surface area contributed by atoms with E-state index in [0.717, 1.165) is 0 Å². The Morgan fingerprint density at radius 3 is 1.68 bits per heavy atom. The van der Waals surface area contributed by atoms with Crippen molar-refractivity contribution in [2.75, 3.05) is 0 Å². The van der Waals surface area contributed by atoms with Crippen LogP contribution in [-0.2, 0) is 0 Å². The number of benzene rings is 2. The second-order valence-corrected chi connectivity index (χ2v) is 13.0. The zero-order chi connectivity index (χ0) is 15.2. The molecular weight excluding hydrogens is 427 g/mol. The van der Waals surface area contributed by atoms with Gasteiger partial charge in [0.2, 0.25) is 0 Å². The molecule has 0 heterocycles. The van der Waals surface area contributed by atoms with Crippen LogP contribution in [0.15, 0.2) is 60.7 Å². The molecular formula is C21H21Lu. The minimum atomic E-state index is -1.75. The van der Waals surface area contributed by atoms with Crippen LogP contribution in [0.25, 0.3) is 12.2 Å². The molecule has 22 heavy (non-hydrogen) atoms. The van der Waals surface area contributed by atoms with Gasteiger partial charge in [0.25, 0.3) is 0 Å². The van der Waals surface area contributed by atoms with E-state index >= 15 is 0 Å². The topological polar surface area (TPSA) is 0 Å². The van der Waals surface area contributed by atoms with Crippen LogP contribution in [0.5, 0.6) is 0 Å². The van der Waals surface area contributed by atoms with Gasteiger partial charge < -0.3 is 0 Å². The normalized spacial score (nSPS) is 25.4. The molecule has 0 aromatic heterocycles. The van der Waals surface area contributed by atoms with Gasteiger partial charge in [-0.3, -0.25) is 0 Å².